The zero-order valence-electron chi connectivity index (χ0n) is 13.7. The maximum absolute atomic E-state index is 12.4. The Hall–Kier alpha value is -1.85. The molecule has 24 heavy (non-hydrogen) atoms. The van der Waals surface area contributed by atoms with E-state index < -0.39 is 11.7 Å². The maximum Gasteiger partial charge on any atom is 0.336 e. The van der Waals surface area contributed by atoms with Crippen LogP contribution in [-0.4, -0.2) is 11.9 Å². The molecule has 1 atom stereocenters. The fourth-order valence-corrected chi connectivity index (χ4v) is 3.34. The first kappa shape index (κ1) is 18.5. The van der Waals surface area contributed by atoms with Gasteiger partial charge in [0.15, 0.2) is 0 Å². The number of fused-ring (bicyclic) bond motifs is 1. The van der Waals surface area contributed by atoms with E-state index in [0.717, 1.165) is 36.6 Å². The molecule has 0 radical (unpaired) electrons. The first-order valence-electron chi connectivity index (χ1n) is 8.15. The third kappa shape index (κ3) is 3.97. The first-order valence-corrected chi connectivity index (χ1v) is 8.15. The summed E-state index contributed by atoms with van der Waals surface area (Å²) in [7, 11) is 0. The van der Waals surface area contributed by atoms with Crippen LogP contribution in [0.5, 0.6) is 0 Å². The summed E-state index contributed by atoms with van der Waals surface area (Å²) in [5, 5.41) is 3.70. The third-order valence-electron chi connectivity index (χ3n) is 4.68. The summed E-state index contributed by atoms with van der Waals surface area (Å²) < 4.78 is 5.20. The monoisotopic (exact) mass is 350 g/mol. The highest BCUT2D eigenvalue weighted by Crippen LogP contribution is 2.26. The molecule has 0 saturated heterocycles. The van der Waals surface area contributed by atoms with Gasteiger partial charge in [-0.15, -0.1) is 12.4 Å². The molecule has 0 unspecified atom stereocenters. The van der Waals surface area contributed by atoms with Crippen LogP contribution in [-0.2, 0) is 4.79 Å². The van der Waals surface area contributed by atoms with E-state index in [4.69, 9.17) is 10.2 Å². The summed E-state index contributed by atoms with van der Waals surface area (Å²) in [6.07, 6.45) is 5.55. The molecule has 5 nitrogen and oxygen atoms in total. The van der Waals surface area contributed by atoms with Gasteiger partial charge < -0.3 is 15.5 Å². The van der Waals surface area contributed by atoms with Gasteiger partial charge in [-0.25, -0.2) is 4.79 Å². The topological polar surface area (TPSA) is 85.3 Å². The van der Waals surface area contributed by atoms with Crippen LogP contribution in [0.25, 0.3) is 11.0 Å². The van der Waals surface area contributed by atoms with E-state index in [1.54, 1.807) is 12.1 Å². The van der Waals surface area contributed by atoms with Crippen molar-refractivity contribution in [1.29, 1.82) is 0 Å². The number of halogens is 1. The smallest absolute Gasteiger partial charge is 0.336 e. The Morgan fingerprint density at radius 1 is 1.25 bits per heavy atom. The summed E-state index contributed by atoms with van der Waals surface area (Å²) in [5.74, 6) is 0.0793. The predicted molar refractivity (Wildman–Crippen MR) is 97.6 cm³/mol. The first-order chi connectivity index (χ1) is 11.0. The number of amides is 1. The zero-order chi connectivity index (χ0) is 16.4. The fraction of sp³-hybridized carbons (Fsp3) is 0.444. The molecule has 2 aromatic rings. The van der Waals surface area contributed by atoms with E-state index in [0.29, 0.717) is 11.3 Å². The number of hydrogen-bond donors (Lipinski definition) is 2. The van der Waals surface area contributed by atoms with E-state index >= 15 is 0 Å². The number of carbonyl (C=O) groups is 1. The Balaban J connectivity index is 0.00000208. The van der Waals surface area contributed by atoms with E-state index in [9.17, 15) is 9.59 Å². The van der Waals surface area contributed by atoms with Gasteiger partial charge in [0.1, 0.15) is 5.58 Å². The van der Waals surface area contributed by atoms with E-state index in [1.165, 1.54) is 12.5 Å². The standard InChI is InChI=1S/C18H22N2O3.ClH/c1-11-9-16(21)23-15-10-13(7-8-14(11)15)20-18(22)17(19)12-5-3-2-4-6-12;/h7-10,12,17H,2-6,19H2,1H3,(H,20,22);1H/t17-;/m0./s1. The summed E-state index contributed by atoms with van der Waals surface area (Å²) in [6.45, 7) is 1.86. The van der Waals surface area contributed by atoms with Crippen LogP contribution in [0.2, 0.25) is 0 Å². The van der Waals surface area contributed by atoms with E-state index in [1.807, 2.05) is 13.0 Å². The lowest BCUT2D eigenvalue weighted by molar-refractivity contribution is -0.118. The van der Waals surface area contributed by atoms with Gasteiger partial charge in [-0.2, -0.15) is 0 Å². The van der Waals surface area contributed by atoms with Crippen molar-refractivity contribution in [2.24, 2.45) is 11.7 Å². The fourth-order valence-electron chi connectivity index (χ4n) is 3.34. The zero-order valence-corrected chi connectivity index (χ0v) is 14.5. The molecule has 1 aliphatic carbocycles. The Morgan fingerprint density at radius 3 is 2.67 bits per heavy atom. The number of aryl methyl sites for hydroxylation is 1. The van der Waals surface area contributed by atoms with Gasteiger partial charge in [0.05, 0.1) is 6.04 Å². The largest absolute Gasteiger partial charge is 0.423 e. The van der Waals surface area contributed by atoms with Crippen molar-refractivity contribution in [3.63, 3.8) is 0 Å². The minimum Gasteiger partial charge on any atom is -0.423 e. The number of hydrogen-bond acceptors (Lipinski definition) is 4. The van der Waals surface area contributed by atoms with Crippen LogP contribution >= 0.6 is 12.4 Å². The van der Waals surface area contributed by atoms with Crippen molar-refractivity contribution in [2.75, 3.05) is 5.32 Å². The predicted octanol–water partition coefficient (Wildman–Crippen LogP) is 3.37. The molecule has 1 fully saturated rings. The summed E-state index contributed by atoms with van der Waals surface area (Å²) >= 11 is 0. The summed E-state index contributed by atoms with van der Waals surface area (Å²) in [6, 6.07) is 6.29. The van der Waals surface area contributed by atoms with Crippen LogP contribution in [0, 0.1) is 12.8 Å². The van der Waals surface area contributed by atoms with Crippen molar-refractivity contribution in [2.45, 2.75) is 45.1 Å². The Morgan fingerprint density at radius 2 is 1.96 bits per heavy atom. The Kier molecular flexibility index (Phi) is 6.02. The number of nitrogens with one attached hydrogen (secondary N) is 1. The second kappa shape index (κ2) is 7.81. The number of nitrogens with two attached hydrogens (primary N) is 1. The summed E-state index contributed by atoms with van der Waals surface area (Å²) in [4.78, 5) is 23.8. The highest BCUT2D eigenvalue weighted by molar-refractivity contribution is 5.96. The minimum atomic E-state index is -0.490. The molecule has 1 heterocycles. The molecule has 3 rings (SSSR count). The quantitative estimate of drug-likeness (QED) is 0.831. The van der Waals surface area contributed by atoms with Gasteiger partial charge >= 0.3 is 5.63 Å². The lowest BCUT2D eigenvalue weighted by Gasteiger charge is -2.26. The van der Waals surface area contributed by atoms with Gasteiger partial charge in [-0.3, -0.25) is 4.79 Å². The molecular weight excluding hydrogens is 328 g/mol. The van der Waals surface area contributed by atoms with Crippen molar-refractivity contribution in [3.8, 4) is 0 Å². The molecule has 0 bridgehead atoms. The molecule has 1 aromatic heterocycles. The average Bonchev–Trinajstić information content (AvgIpc) is 2.54. The highest BCUT2D eigenvalue weighted by atomic mass is 35.5. The molecular formula is C18H23ClN2O3. The second-order valence-electron chi connectivity index (χ2n) is 6.37. The summed E-state index contributed by atoms with van der Waals surface area (Å²) in [5.41, 5.74) is 7.65. The molecule has 3 N–H and O–H groups in total. The normalized spacial score (nSPS) is 16.4. The molecule has 130 valence electrons. The minimum absolute atomic E-state index is 0. The van der Waals surface area contributed by atoms with Gasteiger partial charge in [0.25, 0.3) is 0 Å². The van der Waals surface area contributed by atoms with Gasteiger partial charge in [0, 0.05) is 23.2 Å². The van der Waals surface area contributed by atoms with Crippen LogP contribution in [0.4, 0.5) is 5.69 Å². The van der Waals surface area contributed by atoms with Crippen molar-refractivity contribution in [1.82, 2.24) is 0 Å². The van der Waals surface area contributed by atoms with Crippen molar-refractivity contribution < 1.29 is 9.21 Å². The van der Waals surface area contributed by atoms with Crippen molar-refractivity contribution in [3.05, 3.63) is 40.2 Å². The van der Waals surface area contributed by atoms with Crippen LogP contribution in [0.15, 0.2) is 33.5 Å². The highest BCUT2D eigenvalue weighted by Gasteiger charge is 2.26. The molecule has 0 aliphatic heterocycles. The Bertz CT molecular complexity index is 781. The van der Waals surface area contributed by atoms with E-state index in [2.05, 4.69) is 5.32 Å². The number of rotatable bonds is 3. The van der Waals surface area contributed by atoms with Crippen molar-refractivity contribution >= 4 is 35.0 Å². The van der Waals surface area contributed by atoms with Gasteiger partial charge in [0.2, 0.25) is 5.91 Å². The molecule has 1 saturated carbocycles. The molecule has 1 amide bonds. The number of benzene rings is 1. The maximum atomic E-state index is 12.4. The van der Waals surface area contributed by atoms with Gasteiger partial charge in [-0.1, -0.05) is 19.3 Å². The molecule has 0 spiro atoms. The van der Waals surface area contributed by atoms with E-state index in [-0.39, 0.29) is 24.2 Å². The molecule has 6 heteroatoms. The van der Waals surface area contributed by atoms with Gasteiger partial charge in [-0.05, 0) is 43.4 Å². The molecule has 1 aliphatic rings. The molecule has 1 aromatic carbocycles. The average molecular weight is 351 g/mol. The second-order valence-corrected chi connectivity index (χ2v) is 6.37. The number of carbonyl (C=O) groups excluding carboxylic acids is 1. The lowest BCUT2D eigenvalue weighted by atomic mass is 9.84. The lowest BCUT2D eigenvalue weighted by Crippen LogP contribution is -2.42. The van der Waals surface area contributed by atoms with Crippen LogP contribution < -0.4 is 16.7 Å². The Labute approximate surface area is 147 Å². The third-order valence-corrected chi connectivity index (χ3v) is 4.68. The SMILES string of the molecule is Cc1cc(=O)oc2cc(NC(=O)[C@@H](N)C3CCCCC3)ccc12.Cl. The number of anilines is 1. The van der Waals surface area contributed by atoms with Crippen LogP contribution in [0.3, 0.4) is 0 Å². The van der Waals surface area contributed by atoms with Crippen LogP contribution in [0.1, 0.15) is 37.7 Å².